The van der Waals surface area contributed by atoms with Gasteiger partial charge in [0.05, 0.1) is 5.60 Å². The van der Waals surface area contributed by atoms with Crippen molar-refractivity contribution in [3.8, 4) is 0 Å². The molecule has 0 fully saturated rings. The normalized spacial score (nSPS) is 36.0. The molecule has 11 heavy (non-hydrogen) atoms. The maximum atomic E-state index is 9.60. The summed E-state index contributed by atoms with van der Waals surface area (Å²) >= 11 is 5.80. The second kappa shape index (κ2) is 4.11. The molecule has 1 radical (unpaired) electrons. The fraction of sp³-hybridized carbons (Fsp3) is 0.500. The summed E-state index contributed by atoms with van der Waals surface area (Å²) in [5, 5.41) is 10.3. The van der Waals surface area contributed by atoms with Gasteiger partial charge in [-0.1, -0.05) is 30.7 Å². The summed E-state index contributed by atoms with van der Waals surface area (Å²) in [6, 6.07) is 0. The second-order valence-electron chi connectivity index (χ2n) is 2.86. The Balaban J connectivity index is 0.000001000. The Kier molecular flexibility index (Phi) is 4.38. The fourth-order valence-electron chi connectivity index (χ4n) is 0.903. The molecule has 2 unspecified atom stereocenters. The summed E-state index contributed by atoms with van der Waals surface area (Å²) in [6.45, 7) is 3.66. The Bertz CT molecular complexity index is 196. The predicted octanol–water partition coefficient (Wildman–Crippen LogP) is 1.69. The molecule has 0 saturated carbocycles. The molecule has 2 atom stereocenters. The topological polar surface area (TPSA) is 20.2 Å². The van der Waals surface area contributed by atoms with Crippen molar-refractivity contribution in [2.24, 2.45) is 5.92 Å². The van der Waals surface area contributed by atoms with E-state index in [1.165, 1.54) is 0 Å². The Morgan fingerprint density at radius 2 is 2.18 bits per heavy atom. The first-order valence-corrected chi connectivity index (χ1v) is 3.69. The summed E-state index contributed by atoms with van der Waals surface area (Å²) in [5.41, 5.74) is -0.772. The molecule has 0 heterocycles. The zero-order chi connectivity index (χ0) is 7.78. The van der Waals surface area contributed by atoms with Crippen LogP contribution < -0.4 is 0 Å². The number of hydrogen-bond donors (Lipinski definition) is 1. The molecule has 0 bridgehead atoms. The Morgan fingerprint density at radius 1 is 1.64 bits per heavy atom. The summed E-state index contributed by atoms with van der Waals surface area (Å²) in [5.74, 6) is 0.0131. The minimum Gasteiger partial charge on any atom is -0.385 e. The van der Waals surface area contributed by atoms with Gasteiger partial charge in [0.25, 0.3) is 0 Å². The number of hydrogen-bond acceptors (Lipinski definition) is 1. The molecule has 0 aliphatic heterocycles. The molecule has 3 heteroatoms. The molecule has 57 valence electrons. The zero-order valence-corrected chi connectivity index (χ0v) is 9.89. The van der Waals surface area contributed by atoms with Gasteiger partial charge in [-0.05, 0) is 13.0 Å². The van der Waals surface area contributed by atoms with Gasteiger partial charge >= 0.3 is 0 Å². The van der Waals surface area contributed by atoms with Crippen LogP contribution in [0.15, 0.2) is 23.3 Å². The standard InChI is InChI=1S/C8H11ClO.Na/c1-6-7(9)4-3-5-8(6,2)10;/h3-6,10H,1-2H3;. The minimum absolute atomic E-state index is 0. The van der Waals surface area contributed by atoms with Gasteiger partial charge in [-0.25, -0.2) is 0 Å². The van der Waals surface area contributed by atoms with Crippen LogP contribution in [0.4, 0.5) is 0 Å². The van der Waals surface area contributed by atoms with E-state index >= 15 is 0 Å². The van der Waals surface area contributed by atoms with Crippen molar-refractivity contribution in [2.45, 2.75) is 19.4 Å². The van der Waals surface area contributed by atoms with Crippen molar-refractivity contribution in [3.05, 3.63) is 23.3 Å². The average Bonchev–Trinajstić information content (AvgIpc) is 1.83. The van der Waals surface area contributed by atoms with Crippen molar-refractivity contribution in [3.63, 3.8) is 0 Å². The van der Waals surface area contributed by atoms with E-state index in [1.807, 2.05) is 13.0 Å². The zero-order valence-electron chi connectivity index (χ0n) is 7.13. The molecule has 1 aliphatic rings. The monoisotopic (exact) mass is 181 g/mol. The van der Waals surface area contributed by atoms with E-state index in [2.05, 4.69) is 0 Å². The number of halogens is 1. The van der Waals surface area contributed by atoms with Crippen LogP contribution in [0.1, 0.15) is 13.8 Å². The van der Waals surface area contributed by atoms with Gasteiger partial charge in [-0.15, -0.1) is 0 Å². The van der Waals surface area contributed by atoms with Crippen LogP contribution in [-0.4, -0.2) is 40.3 Å². The Labute approximate surface area is 94.4 Å². The third-order valence-electron chi connectivity index (χ3n) is 1.98. The van der Waals surface area contributed by atoms with Crippen LogP contribution >= 0.6 is 11.6 Å². The van der Waals surface area contributed by atoms with E-state index in [0.717, 1.165) is 0 Å². The van der Waals surface area contributed by atoms with Crippen molar-refractivity contribution < 1.29 is 5.11 Å². The van der Waals surface area contributed by atoms with E-state index in [0.29, 0.717) is 5.03 Å². The fourth-order valence-corrected chi connectivity index (χ4v) is 1.20. The van der Waals surface area contributed by atoms with Crippen molar-refractivity contribution in [1.82, 2.24) is 0 Å². The first-order chi connectivity index (χ1) is 4.54. The van der Waals surface area contributed by atoms with E-state index in [-0.39, 0.29) is 35.5 Å². The van der Waals surface area contributed by atoms with Gasteiger partial charge in [-0.3, -0.25) is 0 Å². The summed E-state index contributed by atoms with van der Waals surface area (Å²) < 4.78 is 0. The molecule has 0 aromatic carbocycles. The third kappa shape index (κ3) is 2.60. The third-order valence-corrected chi connectivity index (χ3v) is 2.43. The molecule has 0 aromatic heterocycles. The molecule has 0 saturated heterocycles. The van der Waals surface area contributed by atoms with Crippen molar-refractivity contribution in [2.75, 3.05) is 0 Å². The Hall–Kier alpha value is 0.730. The molecular weight excluding hydrogens is 171 g/mol. The molecule has 1 nitrogen and oxygen atoms in total. The minimum atomic E-state index is -0.772. The first kappa shape index (κ1) is 11.7. The van der Waals surface area contributed by atoms with Crippen molar-refractivity contribution in [1.29, 1.82) is 0 Å². The largest absolute Gasteiger partial charge is 0.385 e. The van der Waals surface area contributed by atoms with Crippen LogP contribution in [0.5, 0.6) is 0 Å². The maximum Gasteiger partial charge on any atom is 0.0876 e. The van der Waals surface area contributed by atoms with Crippen molar-refractivity contribution >= 4 is 41.2 Å². The van der Waals surface area contributed by atoms with Gasteiger partial charge in [0.1, 0.15) is 0 Å². The molecule has 0 aromatic rings. The molecule has 0 amide bonds. The van der Waals surface area contributed by atoms with Gasteiger partial charge < -0.3 is 5.11 Å². The first-order valence-electron chi connectivity index (χ1n) is 3.31. The summed E-state index contributed by atoms with van der Waals surface area (Å²) in [7, 11) is 0. The second-order valence-corrected chi connectivity index (χ2v) is 3.29. The number of rotatable bonds is 0. The van der Waals surface area contributed by atoms with Gasteiger partial charge in [-0.2, -0.15) is 0 Å². The smallest absolute Gasteiger partial charge is 0.0876 e. The van der Waals surface area contributed by atoms with E-state index in [9.17, 15) is 5.11 Å². The molecule has 1 N–H and O–H groups in total. The van der Waals surface area contributed by atoms with Gasteiger partial charge in [0.15, 0.2) is 0 Å². The quantitative estimate of drug-likeness (QED) is 0.564. The van der Waals surface area contributed by atoms with Crippen LogP contribution in [-0.2, 0) is 0 Å². The molecule has 1 rings (SSSR count). The molecule has 0 spiro atoms. The van der Waals surface area contributed by atoms with E-state index in [1.54, 1.807) is 19.1 Å². The predicted molar refractivity (Wildman–Crippen MR) is 48.6 cm³/mol. The summed E-state index contributed by atoms with van der Waals surface area (Å²) in [4.78, 5) is 0. The molecular formula is C8H11ClNaO. The number of aliphatic hydroxyl groups is 1. The maximum absolute atomic E-state index is 9.60. The summed E-state index contributed by atoms with van der Waals surface area (Å²) in [6.07, 6.45) is 5.34. The van der Waals surface area contributed by atoms with Crippen LogP contribution in [0.3, 0.4) is 0 Å². The van der Waals surface area contributed by atoms with E-state index in [4.69, 9.17) is 11.6 Å². The van der Waals surface area contributed by atoms with Crippen LogP contribution in [0.25, 0.3) is 0 Å². The van der Waals surface area contributed by atoms with Gasteiger partial charge in [0.2, 0.25) is 0 Å². The average molecular weight is 182 g/mol. The SMILES string of the molecule is CC1C(Cl)=CC=CC1(C)O.[Na]. The van der Waals surface area contributed by atoms with Gasteiger partial charge in [0, 0.05) is 40.5 Å². The van der Waals surface area contributed by atoms with E-state index < -0.39 is 5.60 Å². The molecule has 1 aliphatic carbocycles. The Morgan fingerprint density at radius 3 is 2.55 bits per heavy atom. The van der Waals surface area contributed by atoms with Crippen LogP contribution in [0, 0.1) is 5.92 Å². The number of allylic oxidation sites excluding steroid dienone is 2. The van der Waals surface area contributed by atoms with Crippen LogP contribution in [0.2, 0.25) is 0 Å².